The molecule has 1 rings (SSSR count). The van der Waals surface area contributed by atoms with E-state index in [1.165, 1.54) is 6.92 Å². The van der Waals surface area contributed by atoms with Crippen LogP contribution >= 0.6 is 0 Å². The largest absolute Gasteiger partial charge is 0.480 e. The molecule has 18 heavy (non-hydrogen) atoms. The zero-order valence-corrected chi connectivity index (χ0v) is 10.6. The summed E-state index contributed by atoms with van der Waals surface area (Å²) >= 11 is 0. The Balaban J connectivity index is 2.76. The average molecular weight is 267 g/mol. The van der Waals surface area contributed by atoms with Gasteiger partial charge < -0.3 is 5.11 Å². The normalized spacial score (nSPS) is 12.7. The molecule has 0 saturated heterocycles. The summed E-state index contributed by atoms with van der Waals surface area (Å²) in [7, 11) is -3.68. The van der Waals surface area contributed by atoms with Crippen LogP contribution in [-0.2, 0) is 20.6 Å². The van der Waals surface area contributed by atoms with E-state index in [0.717, 1.165) is 0 Å². The number of carboxylic acids is 1. The molecule has 1 aromatic carbocycles. The maximum absolute atomic E-state index is 11.7. The lowest BCUT2D eigenvalue weighted by molar-refractivity contribution is -0.138. The molecule has 5 nitrogen and oxygen atoms in total. The number of terminal acetylenes is 1. The molecular formula is C12H13NO4S. The molecule has 1 aromatic rings. The number of benzene rings is 1. The van der Waals surface area contributed by atoms with Crippen LogP contribution in [0.5, 0.6) is 0 Å². The molecule has 0 aromatic heterocycles. The zero-order chi connectivity index (χ0) is 13.8. The third-order valence-corrected chi connectivity index (χ3v) is 3.63. The van der Waals surface area contributed by atoms with E-state index in [1.54, 1.807) is 24.3 Å². The topological polar surface area (TPSA) is 83.5 Å². The SMILES string of the molecule is C#Cc1ccc(CS(=O)(=O)N[C@@H](C)C(=O)O)cc1. The molecule has 1 atom stereocenters. The Hall–Kier alpha value is -1.84. The molecule has 0 unspecified atom stereocenters. The first-order valence-corrected chi connectivity index (χ1v) is 6.77. The molecule has 0 radical (unpaired) electrons. The molecule has 0 aliphatic carbocycles. The maximum atomic E-state index is 11.7. The highest BCUT2D eigenvalue weighted by Gasteiger charge is 2.19. The lowest BCUT2D eigenvalue weighted by atomic mass is 10.2. The first-order chi connectivity index (χ1) is 8.34. The van der Waals surface area contributed by atoms with Crippen molar-refractivity contribution >= 4 is 16.0 Å². The quantitative estimate of drug-likeness (QED) is 0.764. The molecule has 0 heterocycles. The van der Waals surface area contributed by atoms with Gasteiger partial charge in [-0.25, -0.2) is 13.1 Å². The second kappa shape index (κ2) is 5.67. The van der Waals surface area contributed by atoms with E-state index in [2.05, 4.69) is 10.6 Å². The average Bonchev–Trinajstić information content (AvgIpc) is 2.28. The van der Waals surface area contributed by atoms with Crippen LogP contribution in [0.4, 0.5) is 0 Å². The number of aliphatic carboxylic acids is 1. The van der Waals surface area contributed by atoms with Gasteiger partial charge in [-0.1, -0.05) is 18.1 Å². The molecule has 0 amide bonds. The van der Waals surface area contributed by atoms with Crippen LogP contribution in [0.2, 0.25) is 0 Å². The molecule has 6 heteroatoms. The van der Waals surface area contributed by atoms with Crippen LogP contribution in [0.15, 0.2) is 24.3 Å². The number of hydrogen-bond donors (Lipinski definition) is 2. The summed E-state index contributed by atoms with van der Waals surface area (Å²) in [5.41, 5.74) is 1.20. The van der Waals surface area contributed by atoms with E-state index in [4.69, 9.17) is 11.5 Å². The van der Waals surface area contributed by atoms with E-state index in [-0.39, 0.29) is 5.75 Å². The smallest absolute Gasteiger partial charge is 0.321 e. The van der Waals surface area contributed by atoms with Crippen molar-refractivity contribution in [2.75, 3.05) is 0 Å². The third kappa shape index (κ3) is 4.20. The minimum absolute atomic E-state index is 0.282. The third-order valence-electron chi connectivity index (χ3n) is 2.20. The van der Waals surface area contributed by atoms with Gasteiger partial charge in [0.05, 0.1) is 5.75 Å². The fourth-order valence-corrected chi connectivity index (χ4v) is 2.63. The fourth-order valence-electron chi connectivity index (χ4n) is 1.28. The van der Waals surface area contributed by atoms with Crippen molar-refractivity contribution in [3.05, 3.63) is 35.4 Å². The van der Waals surface area contributed by atoms with Gasteiger partial charge in [-0.2, -0.15) is 0 Å². The summed E-state index contributed by atoms with van der Waals surface area (Å²) in [5, 5.41) is 8.63. The fraction of sp³-hybridized carbons (Fsp3) is 0.250. The first kappa shape index (κ1) is 14.2. The van der Waals surface area contributed by atoms with Gasteiger partial charge in [0.15, 0.2) is 0 Å². The molecule has 0 bridgehead atoms. The Labute approximate surface area is 106 Å². The number of hydrogen-bond acceptors (Lipinski definition) is 3. The molecule has 0 fully saturated rings. The number of rotatable bonds is 5. The van der Waals surface area contributed by atoms with Crippen LogP contribution < -0.4 is 4.72 Å². The van der Waals surface area contributed by atoms with Crippen LogP contribution in [0, 0.1) is 12.3 Å². The molecule has 0 spiro atoms. The second-order valence-corrected chi connectivity index (χ2v) is 5.53. The zero-order valence-electron chi connectivity index (χ0n) is 9.75. The van der Waals surface area contributed by atoms with Gasteiger partial charge in [-0.15, -0.1) is 6.42 Å². The van der Waals surface area contributed by atoms with Gasteiger partial charge in [0.25, 0.3) is 0 Å². The van der Waals surface area contributed by atoms with Gasteiger partial charge in [-0.3, -0.25) is 4.79 Å². The van der Waals surface area contributed by atoms with E-state index >= 15 is 0 Å². The summed E-state index contributed by atoms with van der Waals surface area (Å²) in [6, 6.07) is 5.30. The van der Waals surface area contributed by atoms with Crippen LogP contribution in [-0.4, -0.2) is 25.5 Å². The standard InChI is InChI=1S/C12H13NO4S/c1-3-10-4-6-11(7-5-10)8-18(16,17)13-9(2)12(14)15/h1,4-7,9,13H,8H2,2H3,(H,14,15)/t9-/m0/s1. The lowest BCUT2D eigenvalue weighted by Gasteiger charge is -2.10. The summed E-state index contributed by atoms with van der Waals surface area (Å²) in [5.74, 6) is 0.918. The minimum atomic E-state index is -3.68. The minimum Gasteiger partial charge on any atom is -0.480 e. The van der Waals surface area contributed by atoms with Gasteiger partial charge >= 0.3 is 5.97 Å². The monoisotopic (exact) mass is 267 g/mol. The van der Waals surface area contributed by atoms with E-state index in [9.17, 15) is 13.2 Å². The Morgan fingerprint density at radius 3 is 2.44 bits per heavy atom. The van der Waals surface area contributed by atoms with E-state index in [0.29, 0.717) is 11.1 Å². The van der Waals surface area contributed by atoms with Gasteiger partial charge in [0, 0.05) is 5.56 Å². The Morgan fingerprint density at radius 2 is 2.00 bits per heavy atom. The van der Waals surface area contributed by atoms with Crippen LogP contribution in [0.3, 0.4) is 0 Å². The number of nitrogens with one attached hydrogen (secondary N) is 1. The second-order valence-electron chi connectivity index (χ2n) is 3.78. The van der Waals surface area contributed by atoms with Crippen LogP contribution in [0.25, 0.3) is 0 Å². The maximum Gasteiger partial charge on any atom is 0.321 e. The van der Waals surface area contributed by atoms with E-state index < -0.39 is 22.0 Å². The van der Waals surface area contributed by atoms with E-state index in [1.807, 2.05) is 0 Å². The van der Waals surface area contributed by atoms with Crippen molar-refractivity contribution in [1.29, 1.82) is 0 Å². The van der Waals surface area contributed by atoms with Gasteiger partial charge in [0.1, 0.15) is 6.04 Å². The predicted octanol–water partition coefficient (Wildman–Crippen LogP) is 0.560. The van der Waals surface area contributed by atoms with Crippen molar-refractivity contribution in [3.8, 4) is 12.3 Å². The Kier molecular flexibility index (Phi) is 4.48. The summed E-state index contributed by atoms with van der Waals surface area (Å²) in [6.45, 7) is 1.27. The lowest BCUT2D eigenvalue weighted by Crippen LogP contribution is -2.38. The van der Waals surface area contributed by atoms with Crippen molar-refractivity contribution in [3.63, 3.8) is 0 Å². The Bertz CT molecular complexity index is 569. The van der Waals surface area contributed by atoms with Gasteiger partial charge in [0.2, 0.25) is 10.0 Å². The van der Waals surface area contributed by atoms with Gasteiger partial charge in [-0.05, 0) is 24.6 Å². The number of carbonyl (C=O) groups is 1. The van der Waals surface area contributed by atoms with Crippen molar-refractivity contribution in [1.82, 2.24) is 4.72 Å². The molecule has 0 saturated carbocycles. The molecular weight excluding hydrogens is 254 g/mol. The highest BCUT2D eigenvalue weighted by molar-refractivity contribution is 7.88. The van der Waals surface area contributed by atoms with Crippen molar-refractivity contribution in [2.45, 2.75) is 18.7 Å². The number of sulfonamides is 1. The molecule has 2 N–H and O–H groups in total. The van der Waals surface area contributed by atoms with Crippen LogP contribution in [0.1, 0.15) is 18.1 Å². The first-order valence-electron chi connectivity index (χ1n) is 5.12. The summed E-state index contributed by atoms with van der Waals surface area (Å²) in [4.78, 5) is 10.6. The predicted molar refractivity (Wildman–Crippen MR) is 67.2 cm³/mol. The molecule has 96 valence electrons. The van der Waals surface area contributed by atoms with Crippen molar-refractivity contribution < 1.29 is 18.3 Å². The summed E-state index contributed by atoms with van der Waals surface area (Å²) in [6.07, 6.45) is 5.18. The molecule has 0 aliphatic heterocycles. The highest BCUT2D eigenvalue weighted by atomic mass is 32.2. The molecule has 0 aliphatic rings. The summed E-state index contributed by atoms with van der Waals surface area (Å²) < 4.78 is 25.4. The van der Waals surface area contributed by atoms with Crippen molar-refractivity contribution in [2.24, 2.45) is 0 Å². The highest BCUT2D eigenvalue weighted by Crippen LogP contribution is 2.07. The Morgan fingerprint density at radius 1 is 1.44 bits per heavy atom. The number of carboxylic acid groups (broad SMARTS) is 1.